The van der Waals surface area contributed by atoms with Gasteiger partial charge in [0.25, 0.3) is 0 Å². The molecule has 0 saturated heterocycles. The molecule has 1 aliphatic carbocycles. The molecular weight excluding hydrogens is 242 g/mol. The molecule has 0 spiro atoms. The maximum Gasteiger partial charge on any atom is 0.303 e. The van der Waals surface area contributed by atoms with E-state index in [0.29, 0.717) is 12.3 Å². The van der Waals surface area contributed by atoms with Gasteiger partial charge in [-0.15, -0.1) is 0 Å². The van der Waals surface area contributed by atoms with E-state index in [4.69, 9.17) is 5.11 Å². The molecule has 0 radical (unpaired) electrons. The van der Waals surface area contributed by atoms with Crippen molar-refractivity contribution in [3.8, 4) is 0 Å². The number of hydrogen-bond donors (Lipinski definition) is 1. The van der Waals surface area contributed by atoms with E-state index < -0.39 is 5.97 Å². The van der Waals surface area contributed by atoms with Crippen LogP contribution in [-0.2, 0) is 16.0 Å². The quantitative estimate of drug-likeness (QED) is 0.901. The van der Waals surface area contributed by atoms with Crippen molar-refractivity contribution in [2.45, 2.75) is 31.6 Å². The number of benzene rings is 1. The Labute approximate surface area is 112 Å². The van der Waals surface area contributed by atoms with Crippen molar-refractivity contribution in [3.05, 3.63) is 29.3 Å². The fourth-order valence-corrected chi connectivity index (χ4v) is 2.93. The van der Waals surface area contributed by atoms with Crippen LogP contribution in [0.5, 0.6) is 0 Å². The van der Waals surface area contributed by atoms with Crippen LogP contribution >= 0.6 is 0 Å². The lowest BCUT2D eigenvalue weighted by atomic mass is 9.90. The molecule has 2 aliphatic rings. The largest absolute Gasteiger partial charge is 0.481 e. The van der Waals surface area contributed by atoms with Crippen LogP contribution in [0, 0.1) is 5.92 Å². The maximum absolute atomic E-state index is 11.7. The van der Waals surface area contributed by atoms with Gasteiger partial charge in [-0.25, -0.2) is 0 Å². The summed E-state index contributed by atoms with van der Waals surface area (Å²) in [6.45, 7) is 0. The van der Waals surface area contributed by atoms with Crippen LogP contribution in [-0.4, -0.2) is 24.0 Å². The number of carboxylic acid groups (broad SMARTS) is 1. The van der Waals surface area contributed by atoms with Gasteiger partial charge in [0.15, 0.2) is 0 Å². The fourth-order valence-electron chi connectivity index (χ4n) is 2.93. The van der Waals surface area contributed by atoms with Gasteiger partial charge in [0.2, 0.25) is 5.91 Å². The predicted molar refractivity (Wildman–Crippen MR) is 71.3 cm³/mol. The number of carbonyl (C=O) groups excluding carboxylic acids is 1. The second kappa shape index (κ2) is 4.37. The molecule has 1 aromatic carbocycles. The van der Waals surface area contributed by atoms with Crippen LogP contribution in [0.25, 0.3) is 0 Å². The van der Waals surface area contributed by atoms with Crippen LogP contribution < -0.4 is 4.90 Å². The number of fused-ring (bicyclic) bond motifs is 1. The molecule has 19 heavy (non-hydrogen) atoms. The molecule has 1 fully saturated rings. The number of anilines is 1. The topological polar surface area (TPSA) is 57.6 Å². The van der Waals surface area contributed by atoms with Crippen molar-refractivity contribution < 1.29 is 14.7 Å². The average molecular weight is 259 g/mol. The summed E-state index contributed by atoms with van der Waals surface area (Å²) < 4.78 is 0. The third kappa shape index (κ3) is 2.23. The van der Waals surface area contributed by atoms with Crippen LogP contribution in [0.15, 0.2) is 18.2 Å². The van der Waals surface area contributed by atoms with Gasteiger partial charge in [-0.1, -0.05) is 12.1 Å². The van der Waals surface area contributed by atoms with Gasteiger partial charge in [0, 0.05) is 12.7 Å². The number of amides is 1. The maximum atomic E-state index is 11.7. The minimum absolute atomic E-state index is 0.0897. The molecule has 100 valence electrons. The Morgan fingerprint density at radius 2 is 2.21 bits per heavy atom. The lowest BCUT2D eigenvalue weighted by Gasteiger charge is -2.17. The van der Waals surface area contributed by atoms with E-state index in [-0.39, 0.29) is 18.2 Å². The minimum atomic E-state index is -0.748. The van der Waals surface area contributed by atoms with E-state index in [1.54, 1.807) is 11.9 Å². The van der Waals surface area contributed by atoms with Crippen molar-refractivity contribution in [1.82, 2.24) is 0 Å². The van der Waals surface area contributed by atoms with Crippen molar-refractivity contribution in [1.29, 1.82) is 0 Å². The standard InChI is InChI=1S/C15H17NO3/c1-16-13-6-10(4-5-11(13)7-14(16)17)12(8-15(18)19)9-2-3-9/h4-6,9,12H,2-3,7-8H2,1H3,(H,18,19). The van der Waals surface area contributed by atoms with Crippen LogP contribution in [0.3, 0.4) is 0 Å². The summed E-state index contributed by atoms with van der Waals surface area (Å²) in [5.74, 6) is -0.0568. The molecule has 1 N–H and O–H groups in total. The smallest absolute Gasteiger partial charge is 0.303 e. The van der Waals surface area contributed by atoms with E-state index >= 15 is 0 Å². The summed E-state index contributed by atoms with van der Waals surface area (Å²) in [7, 11) is 1.78. The van der Waals surface area contributed by atoms with Gasteiger partial charge in [-0.3, -0.25) is 9.59 Å². The van der Waals surface area contributed by atoms with Crippen LogP contribution in [0.2, 0.25) is 0 Å². The highest BCUT2D eigenvalue weighted by Crippen LogP contribution is 2.45. The summed E-state index contributed by atoms with van der Waals surface area (Å²) in [6.07, 6.45) is 2.87. The Kier molecular flexibility index (Phi) is 2.81. The van der Waals surface area contributed by atoms with Crippen molar-refractivity contribution in [2.75, 3.05) is 11.9 Å². The highest BCUT2D eigenvalue weighted by atomic mass is 16.4. The molecule has 1 heterocycles. The van der Waals surface area contributed by atoms with Gasteiger partial charge in [0.1, 0.15) is 0 Å². The van der Waals surface area contributed by atoms with E-state index in [2.05, 4.69) is 0 Å². The SMILES string of the molecule is CN1C(=O)Cc2ccc(C(CC(=O)O)C3CC3)cc21. The van der Waals surface area contributed by atoms with E-state index in [1.165, 1.54) is 0 Å². The van der Waals surface area contributed by atoms with Gasteiger partial charge in [0.05, 0.1) is 12.8 Å². The molecule has 3 rings (SSSR count). The Balaban J connectivity index is 1.92. The molecule has 1 atom stereocenters. The van der Waals surface area contributed by atoms with Crippen LogP contribution in [0.4, 0.5) is 5.69 Å². The Morgan fingerprint density at radius 3 is 2.84 bits per heavy atom. The minimum Gasteiger partial charge on any atom is -0.481 e. The number of carboxylic acids is 1. The lowest BCUT2D eigenvalue weighted by Crippen LogP contribution is -2.20. The van der Waals surface area contributed by atoms with Gasteiger partial charge >= 0.3 is 5.97 Å². The molecule has 1 aromatic rings. The van der Waals surface area contributed by atoms with E-state index in [1.807, 2.05) is 18.2 Å². The van der Waals surface area contributed by atoms with Crippen molar-refractivity contribution >= 4 is 17.6 Å². The summed E-state index contributed by atoms with van der Waals surface area (Å²) in [5.41, 5.74) is 3.05. The first-order valence-electron chi connectivity index (χ1n) is 6.67. The Morgan fingerprint density at radius 1 is 1.47 bits per heavy atom. The number of aliphatic carboxylic acids is 1. The van der Waals surface area contributed by atoms with Gasteiger partial charge < -0.3 is 10.0 Å². The van der Waals surface area contributed by atoms with Gasteiger partial charge in [-0.05, 0) is 41.9 Å². The second-order valence-electron chi connectivity index (χ2n) is 5.56. The zero-order valence-electron chi connectivity index (χ0n) is 10.9. The Hall–Kier alpha value is -1.84. The number of hydrogen-bond acceptors (Lipinski definition) is 2. The summed E-state index contributed by atoms with van der Waals surface area (Å²) in [6, 6.07) is 5.98. The predicted octanol–water partition coefficient (Wildman–Crippen LogP) is 2.17. The molecule has 1 unspecified atom stereocenters. The molecule has 0 aromatic heterocycles. The third-order valence-electron chi connectivity index (χ3n) is 4.20. The average Bonchev–Trinajstić information content (AvgIpc) is 3.15. The van der Waals surface area contributed by atoms with Gasteiger partial charge in [-0.2, -0.15) is 0 Å². The first-order valence-corrected chi connectivity index (χ1v) is 6.67. The normalized spacial score (nSPS) is 19.4. The molecule has 1 amide bonds. The summed E-state index contributed by atoms with van der Waals surface area (Å²) >= 11 is 0. The Bertz CT molecular complexity index is 548. The highest BCUT2D eigenvalue weighted by Gasteiger charge is 2.35. The molecule has 0 bridgehead atoms. The molecule has 1 aliphatic heterocycles. The van der Waals surface area contributed by atoms with Crippen molar-refractivity contribution in [2.24, 2.45) is 5.92 Å². The number of carbonyl (C=O) groups is 2. The molecule has 1 saturated carbocycles. The molecule has 4 heteroatoms. The second-order valence-corrected chi connectivity index (χ2v) is 5.56. The zero-order chi connectivity index (χ0) is 13.6. The number of nitrogens with zero attached hydrogens (tertiary/aromatic N) is 1. The van der Waals surface area contributed by atoms with Crippen LogP contribution in [0.1, 0.15) is 36.3 Å². The summed E-state index contributed by atoms with van der Waals surface area (Å²) in [5, 5.41) is 9.04. The fraction of sp³-hybridized carbons (Fsp3) is 0.467. The first kappa shape index (κ1) is 12.2. The monoisotopic (exact) mass is 259 g/mol. The zero-order valence-corrected chi connectivity index (χ0v) is 10.9. The van der Waals surface area contributed by atoms with E-state index in [9.17, 15) is 9.59 Å². The summed E-state index contributed by atoms with van der Waals surface area (Å²) in [4.78, 5) is 24.3. The molecular formula is C15H17NO3. The number of rotatable bonds is 4. The first-order chi connectivity index (χ1) is 9.06. The highest BCUT2D eigenvalue weighted by molar-refractivity contribution is 6.01. The van der Waals surface area contributed by atoms with E-state index in [0.717, 1.165) is 29.7 Å². The lowest BCUT2D eigenvalue weighted by molar-refractivity contribution is -0.137. The van der Waals surface area contributed by atoms with Crippen molar-refractivity contribution in [3.63, 3.8) is 0 Å². The number of likely N-dealkylation sites (N-methyl/N-ethyl adjacent to an activating group) is 1. The third-order valence-corrected chi connectivity index (χ3v) is 4.20. The molecule has 4 nitrogen and oxygen atoms in total.